The van der Waals surface area contributed by atoms with E-state index in [2.05, 4.69) is 13.0 Å². The van der Waals surface area contributed by atoms with Crippen molar-refractivity contribution in [2.45, 2.75) is 47.6 Å². The van der Waals surface area contributed by atoms with Crippen molar-refractivity contribution >= 4 is 28.7 Å². The standard InChI is InChI=1S/C17H25NO2S/c1-7-20-10-16(19)18(14(5)15(6)21)17-12(3)9-8-11(2)13(17)4/h8-9,14H,7,10H2,1-6H3. The summed E-state index contributed by atoms with van der Waals surface area (Å²) in [4.78, 5) is 15.2. The Labute approximate surface area is 133 Å². The second kappa shape index (κ2) is 7.66. The zero-order chi connectivity index (χ0) is 16.2. The third-order valence-electron chi connectivity index (χ3n) is 3.82. The average Bonchev–Trinajstić information content (AvgIpc) is 2.44. The monoisotopic (exact) mass is 307 g/mol. The molecule has 1 aromatic carbocycles. The van der Waals surface area contributed by atoms with E-state index in [1.807, 2.05) is 40.7 Å². The maximum absolute atomic E-state index is 12.6. The molecular weight excluding hydrogens is 282 g/mol. The summed E-state index contributed by atoms with van der Waals surface area (Å²) in [7, 11) is 0. The summed E-state index contributed by atoms with van der Waals surface area (Å²) >= 11 is 5.31. The Kier molecular flexibility index (Phi) is 6.49. The van der Waals surface area contributed by atoms with Gasteiger partial charge < -0.3 is 9.64 Å². The summed E-state index contributed by atoms with van der Waals surface area (Å²) in [5, 5.41) is 0. The van der Waals surface area contributed by atoms with Crippen LogP contribution in [0, 0.1) is 20.8 Å². The number of anilines is 1. The molecule has 0 aliphatic heterocycles. The first-order valence-electron chi connectivity index (χ1n) is 7.28. The van der Waals surface area contributed by atoms with Gasteiger partial charge in [0.25, 0.3) is 5.91 Å². The van der Waals surface area contributed by atoms with Crippen molar-refractivity contribution in [2.75, 3.05) is 18.1 Å². The molecule has 0 saturated heterocycles. The molecule has 0 N–H and O–H groups in total. The second-order valence-electron chi connectivity index (χ2n) is 5.36. The Balaban J connectivity index is 3.34. The minimum Gasteiger partial charge on any atom is -0.372 e. The molecule has 0 spiro atoms. The van der Waals surface area contributed by atoms with E-state index in [4.69, 9.17) is 17.0 Å². The van der Waals surface area contributed by atoms with Crippen molar-refractivity contribution in [2.24, 2.45) is 0 Å². The number of benzene rings is 1. The molecule has 0 saturated carbocycles. The Morgan fingerprint density at radius 2 is 1.86 bits per heavy atom. The van der Waals surface area contributed by atoms with Crippen LogP contribution in [0.25, 0.3) is 0 Å². The van der Waals surface area contributed by atoms with Gasteiger partial charge in [-0.2, -0.15) is 0 Å². The number of thiocarbonyl (C=S) groups is 1. The number of nitrogens with zero attached hydrogens (tertiary/aromatic N) is 1. The van der Waals surface area contributed by atoms with E-state index in [1.54, 1.807) is 4.90 Å². The van der Waals surface area contributed by atoms with Crippen LogP contribution in [0.2, 0.25) is 0 Å². The Morgan fingerprint density at radius 1 is 1.29 bits per heavy atom. The number of ether oxygens (including phenoxy) is 1. The minimum atomic E-state index is -0.132. The normalized spacial score (nSPS) is 12.1. The highest BCUT2D eigenvalue weighted by molar-refractivity contribution is 7.80. The molecule has 0 aliphatic rings. The lowest BCUT2D eigenvalue weighted by atomic mass is 10.0. The third-order valence-corrected chi connectivity index (χ3v) is 4.16. The molecule has 1 aromatic rings. The molecule has 0 bridgehead atoms. The van der Waals surface area contributed by atoms with Gasteiger partial charge in [0.15, 0.2) is 0 Å². The fraction of sp³-hybridized carbons (Fsp3) is 0.529. The first kappa shape index (κ1) is 17.8. The van der Waals surface area contributed by atoms with Crippen LogP contribution in [0.15, 0.2) is 12.1 Å². The van der Waals surface area contributed by atoms with Gasteiger partial charge in [0.05, 0.1) is 11.7 Å². The zero-order valence-corrected chi connectivity index (χ0v) is 14.6. The number of aryl methyl sites for hydroxylation is 2. The molecular formula is C17H25NO2S. The smallest absolute Gasteiger partial charge is 0.253 e. The lowest BCUT2D eigenvalue weighted by Gasteiger charge is -2.32. The molecule has 0 fully saturated rings. The van der Waals surface area contributed by atoms with Crippen LogP contribution in [-0.4, -0.2) is 30.0 Å². The highest BCUT2D eigenvalue weighted by Gasteiger charge is 2.26. The summed E-state index contributed by atoms with van der Waals surface area (Å²) in [5.41, 5.74) is 4.31. The average molecular weight is 307 g/mol. The number of carbonyl (C=O) groups excluding carboxylic acids is 1. The molecule has 21 heavy (non-hydrogen) atoms. The van der Waals surface area contributed by atoms with Crippen molar-refractivity contribution in [1.29, 1.82) is 0 Å². The first-order chi connectivity index (χ1) is 9.81. The maximum Gasteiger partial charge on any atom is 0.253 e. The highest BCUT2D eigenvalue weighted by Crippen LogP contribution is 2.29. The van der Waals surface area contributed by atoms with Crippen molar-refractivity contribution in [3.8, 4) is 0 Å². The Hall–Kier alpha value is -1.26. The maximum atomic E-state index is 12.6. The summed E-state index contributed by atoms with van der Waals surface area (Å²) in [5.74, 6) is -0.0506. The molecule has 116 valence electrons. The minimum absolute atomic E-state index is 0.0506. The van der Waals surface area contributed by atoms with Crippen LogP contribution >= 0.6 is 12.2 Å². The van der Waals surface area contributed by atoms with E-state index < -0.39 is 0 Å². The second-order valence-corrected chi connectivity index (χ2v) is 6.00. The first-order valence-corrected chi connectivity index (χ1v) is 7.69. The van der Waals surface area contributed by atoms with Crippen LogP contribution < -0.4 is 4.90 Å². The van der Waals surface area contributed by atoms with Crippen LogP contribution in [-0.2, 0) is 9.53 Å². The molecule has 4 heteroatoms. The van der Waals surface area contributed by atoms with E-state index in [1.165, 1.54) is 5.56 Å². The van der Waals surface area contributed by atoms with Gasteiger partial charge in [-0.3, -0.25) is 4.79 Å². The highest BCUT2D eigenvalue weighted by atomic mass is 32.1. The van der Waals surface area contributed by atoms with E-state index in [9.17, 15) is 4.79 Å². The Morgan fingerprint density at radius 3 is 2.38 bits per heavy atom. The molecule has 3 nitrogen and oxygen atoms in total. The van der Waals surface area contributed by atoms with E-state index in [-0.39, 0.29) is 18.6 Å². The predicted octanol–water partition coefficient (Wildman–Crippen LogP) is 3.76. The summed E-state index contributed by atoms with van der Waals surface area (Å²) in [6, 6.07) is 3.99. The van der Waals surface area contributed by atoms with Gasteiger partial charge in [-0.15, -0.1) is 0 Å². The van der Waals surface area contributed by atoms with Crippen LogP contribution in [0.1, 0.15) is 37.5 Å². The fourth-order valence-electron chi connectivity index (χ4n) is 2.28. The summed E-state index contributed by atoms with van der Waals surface area (Å²) < 4.78 is 5.30. The number of hydrogen-bond acceptors (Lipinski definition) is 3. The van der Waals surface area contributed by atoms with Gasteiger partial charge >= 0.3 is 0 Å². The number of rotatable bonds is 6. The SMILES string of the molecule is CCOCC(=O)N(c1c(C)ccc(C)c1C)C(C)C(C)=S. The van der Waals surface area contributed by atoms with E-state index in [0.29, 0.717) is 6.61 Å². The summed E-state index contributed by atoms with van der Waals surface area (Å²) in [6.45, 7) is 12.5. The summed E-state index contributed by atoms with van der Waals surface area (Å²) in [6.07, 6.45) is 0. The van der Waals surface area contributed by atoms with Crippen LogP contribution in [0.5, 0.6) is 0 Å². The molecule has 0 radical (unpaired) electrons. The van der Waals surface area contributed by atoms with Crippen molar-refractivity contribution in [3.63, 3.8) is 0 Å². The third kappa shape index (κ3) is 4.11. The number of carbonyl (C=O) groups is 1. The van der Waals surface area contributed by atoms with Gasteiger partial charge in [-0.25, -0.2) is 0 Å². The number of hydrogen-bond donors (Lipinski definition) is 0. The van der Waals surface area contributed by atoms with Gasteiger partial charge in [0.2, 0.25) is 0 Å². The van der Waals surface area contributed by atoms with Crippen LogP contribution in [0.4, 0.5) is 5.69 Å². The number of amides is 1. The molecule has 0 aliphatic carbocycles. The lowest BCUT2D eigenvalue weighted by molar-refractivity contribution is -0.123. The topological polar surface area (TPSA) is 29.5 Å². The van der Waals surface area contributed by atoms with Crippen molar-refractivity contribution in [3.05, 3.63) is 28.8 Å². The zero-order valence-electron chi connectivity index (χ0n) is 13.8. The molecule has 1 amide bonds. The molecule has 1 rings (SSSR count). The van der Waals surface area contributed by atoms with E-state index in [0.717, 1.165) is 21.7 Å². The lowest BCUT2D eigenvalue weighted by Crippen LogP contribution is -2.45. The fourth-order valence-corrected chi connectivity index (χ4v) is 2.39. The van der Waals surface area contributed by atoms with Gasteiger partial charge in [-0.1, -0.05) is 24.4 Å². The van der Waals surface area contributed by atoms with Crippen LogP contribution in [0.3, 0.4) is 0 Å². The largest absolute Gasteiger partial charge is 0.372 e. The molecule has 0 aromatic heterocycles. The molecule has 1 atom stereocenters. The molecule has 1 unspecified atom stereocenters. The quantitative estimate of drug-likeness (QED) is 0.749. The van der Waals surface area contributed by atoms with Crippen molar-refractivity contribution in [1.82, 2.24) is 0 Å². The predicted molar refractivity (Wildman–Crippen MR) is 92.4 cm³/mol. The van der Waals surface area contributed by atoms with Gasteiger partial charge in [0.1, 0.15) is 6.61 Å². The molecule has 0 heterocycles. The van der Waals surface area contributed by atoms with E-state index >= 15 is 0 Å². The van der Waals surface area contributed by atoms with Gasteiger partial charge in [-0.05, 0) is 58.2 Å². The van der Waals surface area contributed by atoms with Crippen molar-refractivity contribution < 1.29 is 9.53 Å². The Bertz CT molecular complexity index is 540. The van der Waals surface area contributed by atoms with Gasteiger partial charge in [0, 0.05) is 11.5 Å².